The highest BCUT2D eigenvalue weighted by Crippen LogP contribution is 2.15. The molecule has 50 valence electrons. The molecule has 0 aliphatic rings. The van der Waals surface area contributed by atoms with Gasteiger partial charge in [0.05, 0.1) is 8.07 Å². The van der Waals surface area contributed by atoms with Crippen LogP contribution in [0.5, 0.6) is 0 Å². The lowest BCUT2D eigenvalue weighted by molar-refractivity contribution is 1.02. The molecular formula is C6H16SSi. The monoisotopic (exact) mass is 148 g/mol. The van der Waals surface area contributed by atoms with Crippen LogP contribution < -0.4 is 0 Å². The molecule has 0 spiro atoms. The SMILES string of the molecule is CCC(S)[Si](C)(C)C. The molecule has 0 aliphatic carbocycles. The van der Waals surface area contributed by atoms with Gasteiger partial charge in [0.1, 0.15) is 0 Å². The number of hydrogen-bond acceptors (Lipinski definition) is 1. The molecule has 0 rings (SSSR count). The lowest BCUT2D eigenvalue weighted by Gasteiger charge is -2.22. The Morgan fingerprint density at radius 3 is 1.75 bits per heavy atom. The van der Waals surface area contributed by atoms with E-state index in [2.05, 4.69) is 39.2 Å². The summed E-state index contributed by atoms with van der Waals surface area (Å²) >= 11 is 4.47. The second-order valence-corrected chi connectivity index (χ2v) is 9.83. The molecule has 0 nitrogen and oxygen atoms in total. The molecule has 2 heteroatoms. The summed E-state index contributed by atoms with van der Waals surface area (Å²) < 4.78 is 0. The van der Waals surface area contributed by atoms with Gasteiger partial charge >= 0.3 is 0 Å². The van der Waals surface area contributed by atoms with E-state index in [1.165, 1.54) is 6.42 Å². The third-order valence-corrected chi connectivity index (χ3v) is 6.48. The van der Waals surface area contributed by atoms with Crippen LogP contribution in [0.3, 0.4) is 0 Å². The fourth-order valence-electron chi connectivity index (χ4n) is 0.612. The van der Waals surface area contributed by atoms with Crippen LogP contribution in [0, 0.1) is 0 Å². The zero-order chi connectivity index (χ0) is 6.78. The van der Waals surface area contributed by atoms with Gasteiger partial charge in [-0.1, -0.05) is 26.6 Å². The zero-order valence-corrected chi connectivity index (χ0v) is 8.13. The van der Waals surface area contributed by atoms with Gasteiger partial charge in [0.2, 0.25) is 0 Å². The normalized spacial score (nSPS) is 16.1. The average Bonchev–Trinajstić information content (AvgIpc) is 1.62. The van der Waals surface area contributed by atoms with Gasteiger partial charge in [-0.05, 0) is 11.3 Å². The molecule has 0 heterocycles. The quantitative estimate of drug-likeness (QED) is 0.451. The van der Waals surface area contributed by atoms with Crippen molar-refractivity contribution in [3.63, 3.8) is 0 Å². The predicted molar refractivity (Wildman–Crippen MR) is 46.4 cm³/mol. The molecule has 0 aromatic carbocycles. The first-order valence-corrected chi connectivity index (χ1v) is 7.26. The van der Waals surface area contributed by atoms with Crippen molar-refractivity contribution in [2.75, 3.05) is 0 Å². The molecule has 0 saturated heterocycles. The van der Waals surface area contributed by atoms with Crippen LogP contribution in [-0.4, -0.2) is 12.9 Å². The lowest BCUT2D eigenvalue weighted by atomic mass is 10.6. The van der Waals surface area contributed by atoms with E-state index in [1.54, 1.807) is 0 Å². The van der Waals surface area contributed by atoms with Crippen molar-refractivity contribution in [2.24, 2.45) is 0 Å². The Kier molecular flexibility index (Phi) is 3.13. The molecule has 0 saturated carbocycles. The summed E-state index contributed by atoms with van der Waals surface area (Å²) in [6.07, 6.45) is 1.22. The molecule has 0 radical (unpaired) electrons. The Labute approximate surface area is 59.1 Å². The first-order valence-electron chi connectivity index (χ1n) is 3.16. The van der Waals surface area contributed by atoms with Crippen LogP contribution in [0.4, 0.5) is 0 Å². The van der Waals surface area contributed by atoms with Crippen molar-refractivity contribution < 1.29 is 0 Å². The average molecular weight is 148 g/mol. The smallest absolute Gasteiger partial charge is 0.0583 e. The predicted octanol–water partition coefficient (Wildman–Crippen LogP) is 2.57. The third kappa shape index (κ3) is 2.77. The molecule has 0 fully saturated rings. The summed E-state index contributed by atoms with van der Waals surface area (Å²) in [5, 5.41) is 0. The Hall–Kier alpha value is 0.567. The summed E-state index contributed by atoms with van der Waals surface area (Å²) in [5.41, 5.74) is 0. The van der Waals surface area contributed by atoms with Crippen LogP contribution >= 0.6 is 12.6 Å². The zero-order valence-electron chi connectivity index (χ0n) is 6.23. The molecule has 1 atom stereocenters. The Balaban J connectivity index is 3.62. The summed E-state index contributed by atoms with van der Waals surface area (Å²) in [7, 11) is -0.896. The molecular weight excluding hydrogens is 132 g/mol. The van der Waals surface area contributed by atoms with E-state index in [-0.39, 0.29) is 0 Å². The van der Waals surface area contributed by atoms with Gasteiger partial charge < -0.3 is 0 Å². The molecule has 0 amide bonds. The van der Waals surface area contributed by atoms with E-state index in [0.29, 0.717) is 4.87 Å². The lowest BCUT2D eigenvalue weighted by Crippen LogP contribution is -2.33. The van der Waals surface area contributed by atoms with E-state index in [4.69, 9.17) is 0 Å². The maximum Gasteiger partial charge on any atom is 0.0583 e. The first-order chi connectivity index (χ1) is 3.48. The van der Waals surface area contributed by atoms with Crippen molar-refractivity contribution in [3.05, 3.63) is 0 Å². The second kappa shape index (κ2) is 2.92. The minimum absolute atomic E-state index is 0.683. The van der Waals surface area contributed by atoms with Gasteiger partial charge in [-0.25, -0.2) is 0 Å². The van der Waals surface area contributed by atoms with Crippen LogP contribution in [0.15, 0.2) is 0 Å². The van der Waals surface area contributed by atoms with Gasteiger partial charge in [0.15, 0.2) is 0 Å². The van der Waals surface area contributed by atoms with E-state index < -0.39 is 8.07 Å². The Bertz CT molecular complexity index is 65.4. The second-order valence-electron chi connectivity index (χ2n) is 3.29. The molecule has 1 unspecified atom stereocenters. The van der Waals surface area contributed by atoms with Crippen molar-refractivity contribution in [1.29, 1.82) is 0 Å². The van der Waals surface area contributed by atoms with Crippen molar-refractivity contribution in [3.8, 4) is 0 Å². The number of hydrogen-bond donors (Lipinski definition) is 1. The summed E-state index contributed by atoms with van der Waals surface area (Å²) in [6.45, 7) is 9.27. The van der Waals surface area contributed by atoms with E-state index in [1.807, 2.05) is 0 Å². The maximum absolute atomic E-state index is 4.47. The van der Waals surface area contributed by atoms with Gasteiger partial charge in [0, 0.05) is 0 Å². The highest BCUT2D eigenvalue weighted by Gasteiger charge is 2.20. The largest absolute Gasteiger partial charge is 0.179 e. The minimum Gasteiger partial charge on any atom is -0.179 e. The molecule has 8 heavy (non-hydrogen) atoms. The van der Waals surface area contributed by atoms with Crippen LogP contribution in [0.1, 0.15) is 13.3 Å². The summed E-state index contributed by atoms with van der Waals surface area (Å²) in [6, 6.07) is 0. The molecule has 0 aromatic rings. The van der Waals surface area contributed by atoms with Crippen molar-refractivity contribution in [2.45, 2.75) is 37.9 Å². The highest BCUT2D eigenvalue weighted by atomic mass is 32.1. The summed E-state index contributed by atoms with van der Waals surface area (Å²) in [5.74, 6) is 0. The van der Waals surface area contributed by atoms with Gasteiger partial charge in [-0.15, -0.1) is 0 Å². The van der Waals surface area contributed by atoms with Gasteiger partial charge in [0.25, 0.3) is 0 Å². The fraction of sp³-hybridized carbons (Fsp3) is 1.00. The standard InChI is InChI=1S/C6H16SSi/c1-5-6(7)8(2,3)4/h6-7H,5H2,1-4H3. The minimum atomic E-state index is -0.896. The van der Waals surface area contributed by atoms with E-state index in [0.717, 1.165) is 0 Å². The van der Waals surface area contributed by atoms with E-state index >= 15 is 0 Å². The van der Waals surface area contributed by atoms with Gasteiger partial charge in [-0.3, -0.25) is 0 Å². The van der Waals surface area contributed by atoms with Crippen molar-refractivity contribution in [1.82, 2.24) is 0 Å². The van der Waals surface area contributed by atoms with Crippen LogP contribution in [0.25, 0.3) is 0 Å². The fourth-order valence-corrected chi connectivity index (χ4v) is 1.84. The molecule has 0 aliphatic heterocycles. The third-order valence-electron chi connectivity index (χ3n) is 1.39. The molecule has 0 aromatic heterocycles. The number of rotatable bonds is 2. The van der Waals surface area contributed by atoms with E-state index in [9.17, 15) is 0 Å². The highest BCUT2D eigenvalue weighted by molar-refractivity contribution is 7.83. The first kappa shape index (κ1) is 8.57. The summed E-state index contributed by atoms with van der Waals surface area (Å²) in [4.78, 5) is 0.683. The van der Waals surface area contributed by atoms with Gasteiger partial charge in [-0.2, -0.15) is 12.6 Å². The molecule has 0 N–H and O–H groups in total. The van der Waals surface area contributed by atoms with Crippen LogP contribution in [-0.2, 0) is 0 Å². The topological polar surface area (TPSA) is 0 Å². The maximum atomic E-state index is 4.47. The Morgan fingerprint density at radius 2 is 1.75 bits per heavy atom. The Morgan fingerprint density at radius 1 is 1.38 bits per heavy atom. The molecule has 0 bridgehead atoms. The van der Waals surface area contributed by atoms with Crippen molar-refractivity contribution >= 4 is 20.7 Å². The van der Waals surface area contributed by atoms with Crippen LogP contribution in [0.2, 0.25) is 19.6 Å². The number of thiol groups is 1.